The number of amides is 2. The van der Waals surface area contributed by atoms with E-state index in [1.165, 1.54) is 25.2 Å². The van der Waals surface area contributed by atoms with Crippen LogP contribution >= 0.6 is 12.2 Å². The molecular weight excluding hydrogens is 444 g/mol. The number of anilines is 1. The summed E-state index contributed by atoms with van der Waals surface area (Å²) in [5.41, 5.74) is 1.18. The van der Waals surface area contributed by atoms with E-state index in [9.17, 15) is 14.4 Å². The van der Waals surface area contributed by atoms with Gasteiger partial charge in [0, 0.05) is 5.56 Å². The summed E-state index contributed by atoms with van der Waals surface area (Å²) in [5.74, 6) is -0.485. The van der Waals surface area contributed by atoms with Gasteiger partial charge in [0.2, 0.25) is 0 Å². The molecule has 0 spiro atoms. The average molecular weight is 462 g/mol. The van der Waals surface area contributed by atoms with Crippen LogP contribution in [0.2, 0.25) is 0 Å². The Balaban J connectivity index is 1.67. The molecule has 166 valence electrons. The van der Waals surface area contributed by atoms with Crippen molar-refractivity contribution in [3.63, 3.8) is 0 Å². The highest BCUT2D eigenvalue weighted by atomic mass is 32.1. The van der Waals surface area contributed by atoms with Crippen LogP contribution in [-0.4, -0.2) is 37.1 Å². The van der Waals surface area contributed by atoms with E-state index in [4.69, 9.17) is 26.1 Å². The van der Waals surface area contributed by atoms with Crippen molar-refractivity contribution in [1.29, 1.82) is 0 Å². The summed E-state index contributed by atoms with van der Waals surface area (Å²) in [4.78, 5) is 38.9. The summed E-state index contributed by atoms with van der Waals surface area (Å²) in [5, 5.41) is 2.49. The number of ether oxygens (including phenoxy) is 2. The molecule has 9 heteroatoms. The lowest BCUT2D eigenvalue weighted by Gasteiger charge is -2.28. The first-order valence-electron chi connectivity index (χ1n) is 9.76. The van der Waals surface area contributed by atoms with E-state index in [1.807, 2.05) is 0 Å². The van der Waals surface area contributed by atoms with Gasteiger partial charge in [-0.3, -0.25) is 19.8 Å². The largest absolute Gasteiger partial charge is 0.497 e. The van der Waals surface area contributed by atoms with Crippen LogP contribution < -0.4 is 15.0 Å². The number of nitrogens with zero attached hydrogens (tertiary/aromatic N) is 1. The molecule has 0 bridgehead atoms. The molecule has 0 atom stereocenters. The van der Waals surface area contributed by atoms with E-state index in [0.717, 1.165) is 0 Å². The molecule has 1 N–H and O–H groups in total. The van der Waals surface area contributed by atoms with E-state index in [-0.39, 0.29) is 16.4 Å². The number of carbonyl (C=O) groups excluding carboxylic acids is 3. The second-order valence-corrected chi connectivity index (χ2v) is 7.28. The Labute approximate surface area is 194 Å². The van der Waals surface area contributed by atoms with E-state index in [2.05, 4.69) is 5.32 Å². The molecule has 0 unspecified atom stereocenters. The van der Waals surface area contributed by atoms with Crippen LogP contribution in [0.1, 0.15) is 16.1 Å². The Morgan fingerprint density at radius 3 is 2.45 bits per heavy atom. The quantitative estimate of drug-likeness (QED) is 0.268. The zero-order valence-electron chi connectivity index (χ0n) is 17.7. The van der Waals surface area contributed by atoms with Gasteiger partial charge < -0.3 is 13.9 Å². The number of hydrogen-bond acceptors (Lipinski definition) is 7. The number of esters is 1. The predicted octanol–water partition coefficient (Wildman–Crippen LogP) is 3.57. The number of benzene rings is 2. The normalized spacial score (nSPS) is 14.9. The van der Waals surface area contributed by atoms with Crippen molar-refractivity contribution in [3.8, 4) is 17.1 Å². The minimum Gasteiger partial charge on any atom is -0.497 e. The first-order valence-corrected chi connectivity index (χ1v) is 10.2. The lowest BCUT2D eigenvalue weighted by Crippen LogP contribution is -2.54. The summed E-state index contributed by atoms with van der Waals surface area (Å²) in [6.07, 6.45) is 1.33. The van der Waals surface area contributed by atoms with Crippen molar-refractivity contribution in [2.24, 2.45) is 0 Å². The maximum Gasteiger partial charge on any atom is 0.338 e. The van der Waals surface area contributed by atoms with Crippen LogP contribution in [0.3, 0.4) is 0 Å². The number of thiocarbonyl (C=S) groups is 1. The monoisotopic (exact) mass is 462 g/mol. The van der Waals surface area contributed by atoms with E-state index < -0.39 is 17.8 Å². The zero-order valence-corrected chi connectivity index (χ0v) is 18.5. The molecule has 33 heavy (non-hydrogen) atoms. The maximum absolute atomic E-state index is 13.1. The molecule has 3 aromatic rings. The SMILES string of the molecule is COC(=O)c1ccccc1-c1ccc(/C=C2\C(=O)NC(=S)N(c3ccc(OC)cc3)C2=O)o1. The molecule has 2 aromatic carbocycles. The van der Waals surface area contributed by atoms with Crippen LogP contribution in [0.15, 0.2) is 70.7 Å². The summed E-state index contributed by atoms with van der Waals surface area (Å²) in [7, 11) is 2.83. The number of hydrogen-bond donors (Lipinski definition) is 1. The molecule has 0 radical (unpaired) electrons. The highest BCUT2D eigenvalue weighted by Gasteiger charge is 2.34. The molecule has 0 aliphatic carbocycles. The first kappa shape index (κ1) is 22.0. The Kier molecular flexibility index (Phi) is 6.05. The molecule has 1 saturated heterocycles. The lowest BCUT2D eigenvalue weighted by molar-refractivity contribution is -0.122. The summed E-state index contributed by atoms with van der Waals surface area (Å²) >= 11 is 5.21. The van der Waals surface area contributed by atoms with Crippen molar-refractivity contribution in [1.82, 2.24) is 5.32 Å². The number of furan rings is 1. The fraction of sp³-hybridized carbons (Fsp3) is 0.0833. The topological polar surface area (TPSA) is 98.1 Å². The molecule has 2 amide bonds. The summed E-state index contributed by atoms with van der Waals surface area (Å²) in [6.45, 7) is 0. The third-order valence-corrected chi connectivity index (χ3v) is 5.23. The van der Waals surface area contributed by atoms with Crippen LogP contribution in [0.4, 0.5) is 5.69 Å². The Hall–Kier alpha value is -4.24. The third kappa shape index (κ3) is 4.26. The van der Waals surface area contributed by atoms with Gasteiger partial charge in [-0.1, -0.05) is 18.2 Å². The molecular formula is C24H18N2O6S. The summed E-state index contributed by atoms with van der Waals surface area (Å²) < 4.78 is 15.8. The summed E-state index contributed by atoms with van der Waals surface area (Å²) in [6, 6.07) is 16.7. The highest BCUT2D eigenvalue weighted by molar-refractivity contribution is 7.80. The zero-order chi connectivity index (χ0) is 23.5. The third-order valence-electron chi connectivity index (χ3n) is 4.94. The van der Waals surface area contributed by atoms with Gasteiger partial charge >= 0.3 is 5.97 Å². The predicted molar refractivity (Wildman–Crippen MR) is 125 cm³/mol. The van der Waals surface area contributed by atoms with Crippen LogP contribution in [0.25, 0.3) is 17.4 Å². The molecule has 1 aromatic heterocycles. The Bertz CT molecular complexity index is 1290. The standard InChI is InChI=1S/C24H18N2O6S/c1-30-15-9-7-14(8-10-15)26-22(28)19(21(27)25-24(26)33)13-16-11-12-20(32-16)17-5-3-4-6-18(17)23(29)31-2/h3-13H,1-2H3,(H,25,27,33)/b19-13+. The fourth-order valence-electron chi connectivity index (χ4n) is 3.33. The first-order chi connectivity index (χ1) is 15.9. The van der Waals surface area contributed by atoms with Gasteiger partial charge in [-0.15, -0.1) is 0 Å². The van der Waals surface area contributed by atoms with Crippen molar-refractivity contribution in [2.45, 2.75) is 0 Å². The van der Waals surface area contributed by atoms with Crippen molar-refractivity contribution in [3.05, 3.63) is 77.6 Å². The van der Waals surface area contributed by atoms with Crippen molar-refractivity contribution in [2.75, 3.05) is 19.1 Å². The highest BCUT2D eigenvalue weighted by Crippen LogP contribution is 2.29. The van der Waals surface area contributed by atoms with Gasteiger partial charge in [-0.05, 0) is 60.8 Å². The molecule has 8 nitrogen and oxygen atoms in total. The second-order valence-electron chi connectivity index (χ2n) is 6.90. The smallest absolute Gasteiger partial charge is 0.338 e. The van der Waals surface area contributed by atoms with Gasteiger partial charge in [-0.25, -0.2) is 4.79 Å². The van der Waals surface area contributed by atoms with Gasteiger partial charge in [0.15, 0.2) is 5.11 Å². The number of carbonyl (C=O) groups is 3. The van der Waals surface area contributed by atoms with Crippen molar-refractivity contribution < 1.29 is 28.3 Å². The number of methoxy groups -OCH3 is 2. The fourth-order valence-corrected chi connectivity index (χ4v) is 3.61. The molecule has 4 rings (SSSR count). The average Bonchev–Trinajstić information content (AvgIpc) is 3.30. The van der Waals surface area contributed by atoms with Crippen LogP contribution in [0.5, 0.6) is 5.75 Å². The van der Waals surface area contributed by atoms with E-state index >= 15 is 0 Å². The van der Waals surface area contributed by atoms with Crippen molar-refractivity contribution >= 4 is 46.9 Å². The molecule has 2 heterocycles. The molecule has 1 aliphatic rings. The Morgan fingerprint density at radius 2 is 1.76 bits per heavy atom. The second kappa shape index (κ2) is 9.09. The minimum absolute atomic E-state index is 0.0283. The van der Waals surface area contributed by atoms with E-state index in [1.54, 1.807) is 60.7 Å². The molecule has 0 saturated carbocycles. The van der Waals surface area contributed by atoms with Gasteiger partial charge in [0.05, 0.1) is 25.5 Å². The van der Waals surface area contributed by atoms with Crippen LogP contribution in [-0.2, 0) is 14.3 Å². The van der Waals surface area contributed by atoms with E-state index in [0.29, 0.717) is 28.3 Å². The lowest BCUT2D eigenvalue weighted by atomic mass is 10.1. The molecule has 1 fully saturated rings. The van der Waals surface area contributed by atoms with Gasteiger partial charge in [0.25, 0.3) is 11.8 Å². The van der Waals surface area contributed by atoms with Gasteiger partial charge in [0.1, 0.15) is 22.8 Å². The van der Waals surface area contributed by atoms with Gasteiger partial charge in [-0.2, -0.15) is 0 Å². The maximum atomic E-state index is 13.1. The van der Waals surface area contributed by atoms with Crippen LogP contribution in [0, 0.1) is 0 Å². The molecule has 1 aliphatic heterocycles. The minimum atomic E-state index is -0.636. The number of nitrogens with one attached hydrogen (secondary N) is 1. The Morgan fingerprint density at radius 1 is 1.03 bits per heavy atom. The number of rotatable bonds is 5.